The van der Waals surface area contributed by atoms with Crippen LogP contribution in [-0.2, 0) is 9.53 Å². The number of ether oxygens (including phenoxy) is 2. The molecule has 1 aliphatic rings. The molecular weight excluding hydrogens is 349 g/mol. The predicted molar refractivity (Wildman–Crippen MR) is 98.1 cm³/mol. The molecule has 0 N–H and O–H groups in total. The summed E-state index contributed by atoms with van der Waals surface area (Å²) in [6, 6.07) is 6.18. The molecule has 0 bridgehead atoms. The molecule has 0 aliphatic carbocycles. The van der Waals surface area contributed by atoms with Gasteiger partial charge in [0.15, 0.2) is 11.6 Å². The minimum Gasteiger partial charge on any atom is -0.434 e. The van der Waals surface area contributed by atoms with Gasteiger partial charge < -0.3 is 14.4 Å². The number of nitrogens with zero attached hydrogens (tertiary/aromatic N) is 3. The number of para-hydroxylation sites is 1. The Kier molecular flexibility index (Phi) is 5.70. The van der Waals surface area contributed by atoms with Crippen LogP contribution in [0.2, 0.25) is 0 Å². The maximum absolute atomic E-state index is 13.9. The molecule has 6 nitrogen and oxygen atoms in total. The highest BCUT2D eigenvalue weighted by Gasteiger charge is 2.36. The van der Waals surface area contributed by atoms with Crippen LogP contribution in [0, 0.1) is 5.82 Å². The molecular formula is C20H24FN3O3. The van der Waals surface area contributed by atoms with E-state index in [1.54, 1.807) is 43.1 Å². The van der Waals surface area contributed by atoms with Gasteiger partial charge in [0.1, 0.15) is 11.3 Å². The van der Waals surface area contributed by atoms with Crippen molar-refractivity contribution in [2.45, 2.75) is 38.2 Å². The molecule has 27 heavy (non-hydrogen) atoms. The summed E-state index contributed by atoms with van der Waals surface area (Å²) >= 11 is 0. The van der Waals surface area contributed by atoms with Gasteiger partial charge in [-0.1, -0.05) is 12.1 Å². The summed E-state index contributed by atoms with van der Waals surface area (Å²) in [5.41, 5.74) is -0.245. The van der Waals surface area contributed by atoms with Crippen LogP contribution in [0.4, 0.5) is 4.39 Å². The lowest BCUT2D eigenvalue weighted by Gasteiger charge is -2.37. The average Bonchev–Trinajstić information content (AvgIpc) is 2.69. The predicted octanol–water partition coefficient (Wildman–Crippen LogP) is 3.54. The number of benzene rings is 1. The van der Waals surface area contributed by atoms with Crippen LogP contribution < -0.4 is 4.74 Å². The number of carbonyl (C=O) groups excluding carboxylic acids is 1. The lowest BCUT2D eigenvalue weighted by atomic mass is 9.93. The SMILES string of the molecule is COC(C)(C)C(=O)N1CCCC(c2nccnc2Oc2ccccc2F)C1. The highest BCUT2D eigenvalue weighted by molar-refractivity contribution is 5.84. The van der Waals surface area contributed by atoms with Crippen LogP contribution in [0.5, 0.6) is 11.6 Å². The fourth-order valence-corrected chi connectivity index (χ4v) is 3.18. The zero-order valence-corrected chi connectivity index (χ0v) is 15.8. The zero-order valence-electron chi connectivity index (χ0n) is 15.8. The third-order valence-electron chi connectivity index (χ3n) is 4.86. The third kappa shape index (κ3) is 4.24. The first-order chi connectivity index (χ1) is 12.9. The molecule has 2 heterocycles. The Bertz CT molecular complexity index is 813. The first-order valence-electron chi connectivity index (χ1n) is 9.00. The maximum Gasteiger partial charge on any atom is 0.254 e. The van der Waals surface area contributed by atoms with Crippen LogP contribution in [0.15, 0.2) is 36.7 Å². The Labute approximate surface area is 158 Å². The van der Waals surface area contributed by atoms with E-state index in [4.69, 9.17) is 9.47 Å². The van der Waals surface area contributed by atoms with Crippen LogP contribution in [-0.4, -0.2) is 46.6 Å². The second-order valence-corrected chi connectivity index (χ2v) is 7.08. The fourth-order valence-electron chi connectivity index (χ4n) is 3.18. The van der Waals surface area contributed by atoms with E-state index in [-0.39, 0.29) is 23.5 Å². The largest absolute Gasteiger partial charge is 0.434 e. The van der Waals surface area contributed by atoms with Crippen LogP contribution in [0.1, 0.15) is 38.3 Å². The molecule has 1 saturated heterocycles. The molecule has 1 aliphatic heterocycles. The van der Waals surface area contributed by atoms with Gasteiger partial charge in [-0.05, 0) is 38.8 Å². The Balaban J connectivity index is 1.82. The monoisotopic (exact) mass is 373 g/mol. The highest BCUT2D eigenvalue weighted by Crippen LogP contribution is 2.34. The summed E-state index contributed by atoms with van der Waals surface area (Å²) in [6.07, 6.45) is 4.79. The Morgan fingerprint density at radius 2 is 2.00 bits per heavy atom. The minimum absolute atomic E-state index is 0.0363. The van der Waals surface area contributed by atoms with Crippen LogP contribution in [0.25, 0.3) is 0 Å². The molecule has 144 valence electrons. The smallest absolute Gasteiger partial charge is 0.254 e. The van der Waals surface area contributed by atoms with Gasteiger partial charge in [0.25, 0.3) is 5.91 Å². The molecule has 2 aromatic rings. The number of methoxy groups -OCH3 is 1. The second-order valence-electron chi connectivity index (χ2n) is 7.08. The van der Waals surface area contributed by atoms with Crippen molar-refractivity contribution in [1.29, 1.82) is 0 Å². The first-order valence-corrected chi connectivity index (χ1v) is 9.00. The van der Waals surface area contributed by atoms with Gasteiger partial charge in [-0.25, -0.2) is 9.37 Å². The number of aromatic nitrogens is 2. The van der Waals surface area contributed by atoms with Gasteiger partial charge in [-0.15, -0.1) is 0 Å². The average molecular weight is 373 g/mol. The zero-order chi connectivity index (χ0) is 19.4. The maximum atomic E-state index is 13.9. The molecule has 1 atom stereocenters. The molecule has 0 spiro atoms. The number of halogens is 1. The number of piperidine rings is 1. The quantitative estimate of drug-likeness (QED) is 0.802. The van der Waals surface area contributed by atoms with Crippen molar-refractivity contribution in [3.05, 3.63) is 48.2 Å². The standard InChI is InChI=1S/C20H24FN3O3/c1-20(2,26-3)19(25)24-12-6-7-14(13-24)17-18(23-11-10-22-17)27-16-9-5-4-8-15(16)21/h4-5,8-11,14H,6-7,12-13H2,1-3H3. The number of rotatable bonds is 5. The van der Waals surface area contributed by atoms with Gasteiger partial charge in [0.05, 0.1) is 0 Å². The van der Waals surface area contributed by atoms with Gasteiger partial charge in [0.2, 0.25) is 5.88 Å². The van der Waals surface area contributed by atoms with Crippen molar-refractivity contribution in [2.75, 3.05) is 20.2 Å². The summed E-state index contributed by atoms with van der Waals surface area (Å²) in [4.78, 5) is 23.2. The summed E-state index contributed by atoms with van der Waals surface area (Å²) in [7, 11) is 1.53. The summed E-state index contributed by atoms with van der Waals surface area (Å²) in [5, 5.41) is 0. The Morgan fingerprint density at radius 1 is 1.26 bits per heavy atom. The van der Waals surface area contributed by atoms with Crippen molar-refractivity contribution in [3.8, 4) is 11.6 Å². The second kappa shape index (κ2) is 8.00. The van der Waals surface area contributed by atoms with E-state index in [0.717, 1.165) is 12.8 Å². The van der Waals surface area contributed by atoms with Crippen molar-refractivity contribution < 1.29 is 18.7 Å². The van der Waals surface area contributed by atoms with Crippen molar-refractivity contribution in [2.24, 2.45) is 0 Å². The number of amides is 1. The molecule has 1 aromatic carbocycles. The molecule has 1 unspecified atom stereocenters. The third-order valence-corrected chi connectivity index (χ3v) is 4.86. The number of likely N-dealkylation sites (tertiary alicyclic amines) is 1. The van der Waals surface area contributed by atoms with E-state index in [0.29, 0.717) is 18.8 Å². The minimum atomic E-state index is -0.878. The van der Waals surface area contributed by atoms with Crippen molar-refractivity contribution in [1.82, 2.24) is 14.9 Å². The molecule has 0 radical (unpaired) electrons. The van der Waals surface area contributed by atoms with E-state index in [2.05, 4.69) is 9.97 Å². The summed E-state index contributed by atoms with van der Waals surface area (Å²) in [5.74, 6) is -0.186. The lowest BCUT2D eigenvalue weighted by molar-refractivity contribution is -0.152. The topological polar surface area (TPSA) is 64.5 Å². The normalized spacial score (nSPS) is 17.6. The van der Waals surface area contributed by atoms with Gasteiger partial charge >= 0.3 is 0 Å². The van der Waals surface area contributed by atoms with Gasteiger partial charge in [-0.2, -0.15) is 0 Å². The Morgan fingerprint density at radius 3 is 2.74 bits per heavy atom. The lowest BCUT2D eigenvalue weighted by Crippen LogP contribution is -2.49. The molecule has 0 saturated carbocycles. The fraction of sp³-hybridized carbons (Fsp3) is 0.450. The van der Waals surface area contributed by atoms with Gasteiger partial charge in [0, 0.05) is 38.5 Å². The Hall–Kier alpha value is -2.54. The van der Waals surface area contributed by atoms with Crippen LogP contribution >= 0.6 is 0 Å². The molecule has 1 aromatic heterocycles. The van der Waals surface area contributed by atoms with E-state index in [1.165, 1.54) is 19.4 Å². The van der Waals surface area contributed by atoms with E-state index in [1.807, 2.05) is 0 Å². The number of carbonyl (C=O) groups is 1. The molecule has 3 rings (SSSR count). The summed E-state index contributed by atoms with van der Waals surface area (Å²) in [6.45, 7) is 4.69. The highest BCUT2D eigenvalue weighted by atomic mass is 19.1. The van der Waals surface area contributed by atoms with Gasteiger partial charge in [-0.3, -0.25) is 9.78 Å². The van der Waals surface area contributed by atoms with Crippen LogP contribution in [0.3, 0.4) is 0 Å². The summed E-state index contributed by atoms with van der Waals surface area (Å²) < 4.78 is 25.0. The molecule has 1 fully saturated rings. The number of hydrogen-bond acceptors (Lipinski definition) is 5. The van der Waals surface area contributed by atoms with E-state index >= 15 is 0 Å². The van der Waals surface area contributed by atoms with E-state index in [9.17, 15) is 9.18 Å². The molecule has 7 heteroatoms. The first kappa shape index (κ1) is 19.2. The number of hydrogen-bond donors (Lipinski definition) is 0. The van der Waals surface area contributed by atoms with Crippen molar-refractivity contribution >= 4 is 5.91 Å². The van der Waals surface area contributed by atoms with Crippen molar-refractivity contribution in [3.63, 3.8) is 0 Å². The van der Waals surface area contributed by atoms with E-state index < -0.39 is 11.4 Å². The molecule has 1 amide bonds.